The molecule has 0 aliphatic heterocycles. The number of rotatable bonds is 40. The fraction of sp³-hybridized carbons (Fsp3) is 0.951. The Labute approximate surface area is 314 Å². The lowest BCUT2D eigenvalue weighted by molar-refractivity contribution is -0.144. The van der Waals surface area contributed by atoms with Crippen LogP contribution in [0.25, 0.3) is 0 Å². The highest BCUT2D eigenvalue weighted by atomic mass is 32.2. The molecule has 0 spiro atoms. The summed E-state index contributed by atoms with van der Waals surface area (Å²) in [4.78, 5) is 28.7. The Morgan fingerprint density at radius 3 is 1.06 bits per heavy atom. The maximum Gasteiger partial charge on any atom is 0.305 e. The van der Waals surface area contributed by atoms with Crippen LogP contribution in [0.3, 0.4) is 0 Å². The third-order valence-electron chi connectivity index (χ3n) is 9.26. The Morgan fingerprint density at radius 2 is 0.735 bits per heavy atom. The molecule has 8 heteroatoms. The van der Waals surface area contributed by atoms with Crippen molar-refractivity contribution < 1.29 is 19.1 Å². The van der Waals surface area contributed by atoms with Crippen LogP contribution in [0.15, 0.2) is 0 Å². The van der Waals surface area contributed by atoms with E-state index in [4.69, 9.17) is 9.47 Å². The van der Waals surface area contributed by atoms with Crippen LogP contribution < -0.4 is 0 Å². The molecule has 6 nitrogen and oxygen atoms in total. The number of ether oxygens (including phenoxy) is 2. The molecule has 0 radical (unpaired) electrons. The van der Waals surface area contributed by atoms with Crippen molar-refractivity contribution >= 4 is 35.5 Å². The van der Waals surface area contributed by atoms with Gasteiger partial charge in [-0.1, -0.05) is 142 Å². The molecular weight excluding hydrogens is 649 g/mol. The molecule has 0 fully saturated rings. The monoisotopic (exact) mass is 731 g/mol. The lowest BCUT2D eigenvalue weighted by Gasteiger charge is -2.17. The van der Waals surface area contributed by atoms with E-state index in [-0.39, 0.29) is 11.9 Å². The second kappa shape index (κ2) is 40.3. The lowest BCUT2D eigenvalue weighted by Crippen LogP contribution is -2.24. The number of carbonyl (C=O) groups excluding carboxylic acids is 2. The topological polar surface area (TPSA) is 59.1 Å². The van der Waals surface area contributed by atoms with Gasteiger partial charge in [-0.2, -0.15) is 0 Å². The van der Waals surface area contributed by atoms with E-state index >= 15 is 0 Å². The number of nitrogens with zero attached hydrogens (tertiary/aromatic N) is 2. The van der Waals surface area contributed by atoms with Gasteiger partial charge in [-0.05, 0) is 39.8 Å². The van der Waals surface area contributed by atoms with Gasteiger partial charge in [-0.15, -0.1) is 23.5 Å². The second-order valence-corrected chi connectivity index (χ2v) is 16.8. The first-order valence-electron chi connectivity index (χ1n) is 20.8. The summed E-state index contributed by atoms with van der Waals surface area (Å²) in [6.45, 7) is 9.69. The Hall–Kier alpha value is -0.440. The molecule has 0 aromatic rings. The minimum Gasteiger partial charge on any atom is -0.466 e. The first kappa shape index (κ1) is 48.6. The normalized spacial score (nSPS) is 11.6. The number of carbonyl (C=O) groups is 2. The summed E-state index contributed by atoms with van der Waals surface area (Å²) >= 11 is 4.00. The van der Waals surface area contributed by atoms with Gasteiger partial charge in [0.1, 0.15) is 0 Å². The van der Waals surface area contributed by atoms with Gasteiger partial charge in [0.15, 0.2) is 0 Å². The first-order chi connectivity index (χ1) is 24.0. The van der Waals surface area contributed by atoms with Gasteiger partial charge < -0.3 is 19.3 Å². The zero-order chi connectivity index (χ0) is 35.9. The Balaban J connectivity index is 3.40. The molecule has 0 aliphatic carbocycles. The number of unbranched alkanes of at least 4 members (excludes halogenated alkanes) is 20. The number of hydrogen-bond acceptors (Lipinski definition) is 8. The largest absolute Gasteiger partial charge is 0.466 e. The van der Waals surface area contributed by atoms with Crippen LogP contribution >= 0.6 is 23.5 Å². The van der Waals surface area contributed by atoms with Crippen LogP contribution in [-0.4, -0.2) is 91.8 Å². The van der Waals surface area contributed by atoms with Crippen molar-refractivity contribution in [2.45, 2.75) is 181 Å². The van der Waals surface area contributed by atoms with Crippen LogP contribution in [0, 0.1) is 0 Å². The van der Waals surface area contributed by atoms with E-state index in [1.165, 1.54) is 116 Å². The molecule has 49 heavy (non-hydrogen) atoms. The van der Waals surface area contributed by atoms with Gasteiger partial charge >= 0.3 is 11.9 Å². The summed E-state index contributed by atoms with van der Waals surface area (Å²) in [6, 6.07) is 0. The quantitative estimate of drug-likeness (QED) is 0.0351. The van der Waals surface area contributed by atoms with Crippen LogP contribution in [0.4, 0.5) is 0 Å². The van der Waals surface area contributed by atoms with Gasteiger partial charge in [0.25, 0.3) is 0 Å². The molecular formula is C41H82N2O4S2. The van der Waals surface area contributed by atoms with Crippen molar-refractivity contribution in [2.24, 2.45) is 0 Å². The average Bonchev–Trinajstić information content (AvgIpc) is 3.09. The van der Waals surface area contributed by atoms with Gasteiger partial charge in [0.2, 0.25) is 0 Å². The molecule has 0 saturated heterocycles. The molecule has 0 N–H and O–H groups in total. The molecule has 0 amide bonds. The first-order valence-corrected chi connectivity index (χ1v) is 23.1. The van der Waals surface area contributed by atoms with Gasteiger partial charge in [-0.25, -0.2) is 0 Å². The number of esters is 2. The lowest BCUT2D eigenvalue weighted by atomic mass is 10.1. The van der Waals surface area contributed by atoms with Crippen LogP contribution in [0.1, 0.15) is 181 Å². The molecule has 292 valence electrons. The molecule has 0 aromatic heterocycles. The van der Waals surface area contributed by atoms with E-state index in [1.807, 2.05) is 23.5 Å². The molecule has 0 saturated carbocycles. The molecule has 0 aromatic carbocycles. The second-order valence-electron chi connectivity index (χ2n) is 14.3. The fourth-order valence-corrected chi connectivity index (χ4v) is 8.19. The predicted octanol–water partition coefficient (Wildman–Crippen LogP) is 11.5. The molecule has 0 rings (SSSR count). The summed E-state index contributed by atoms with van der Waals surface area (Å²) < 4.78 is 10.9. The highest BCUT2D eigenvalue weighted by Gasteiger charge is 2.06. The third-order valence-corrected chi connectivity index (χ3v) is 11.5. The zero-order valence-corrected chi connectivity index (χ0v) is 34.7. The van der Waals surface area contributed by atoms with E-state index in [2.05, 4.69) is 37.7 Å². The van der Waals surface area contributed by atoms with E-state index in [9.17, 15) is 9.59 Å². The van der Waals surface area contributed by atoms with Crippen LogP contribution in [-0.2, 0) is 19.1 Å². The van der Waals surface area contributed by atoms with E-state index < -0.39 is 0 Å². The van der Waals surface area contributed by atoms with Crippen molar-refractivity contribution in [3.05, 3.63) is 0 Å². The molecule has 0 bridgehead atoms. The predicted molar refractivity (Wildman–Crippen MR) is 218 cm³/mol. The van der Waals surface area contributed by atoms with Crippen molar-refractivity contribution in [3.63, 3.8) is 0 Å². The summed E-state index contributed by atoms with van der Waals surface area (Å²) in [5, 5.41) is 1.12. The maximum atomic E-state index is 12.0. The highest BCUT2D eigenvalue weighted by molar-refractivity contribution is 8.15. The maximum absolute atomic E-state index is 12.0. The van der Waals surface area contributed by atoms with Crippen LogP contribution in [0.5, 0.6) is 0 Å². The molecule has 0 aliphatic rings. The molecule has 0 atom stereocenters. The smallest absolute Gasteiger partial charge is 0.305 e. The Morgan fingerprint density at radius 1 is 0.429 bits per heavy atom. The SMILES string of the molecule is CCCCCCCCCCCCCC(=O)OCCCN(C)CCSCSCCN(C)CCCOC(=O)CCCCCCCCCCCCC. The third kappa shape index (κ3) is 40.2. The minimum atomic E-state index is -0.0229. The highest BCUT2D eigenvalue weighted by Crippen LogP contribution is 2.14. The summed E-state index contributed by atoms with van der Waals surface area (Å²) in [5.74, 6) is 2.21. The standard InChI is InChI=1S/C41H82N2O4S2/c1-5-7-9-11-13-15-17-19-21-23-25-29-40(44)46-35-27-31-42(3)33-37-48-39-49-38-34-43(4)32-28-36-47-41(45)30-26-24-22-20-18-16-14-12-10-8-6-2/h5-39H2,1-4H3. The Bertz CT molecular complexity index is 644. The van der Waals surface area contributed by atoms with Gasteiger partial charge in [0.05, 0.1) is 13.2 Å². The van der Waals surface area contributed by atoms with Crippen molar-refractivity contribution in [3.8, 4) is 0 Å². The summed E-state index contributed by atoms with van der Waals surface area (Å²) in [7, 11) is 4.32. The van der Waals surface area contributed by atoms with Gasteiger partial charge in [-0.3, -0.25) is 9.59 Å². The molecule has 0 heterocycles. The molecule has 0 unspecified atom stereocenters. The zero-order valence-electron chi connectivity index (χ0n) is 33.1. The summed E-state index contributed by atoms with van der Waals surface area (Å²) in [5.41, 5.74) is 0. The van der Waals surface area contributed by atoms with E-state index in [1.54, 1.807) is 0 Å². The number of hydrogen-bond donors (Lipinski definition) is 0. The fourth-order valence-electron chi connectivity index (χ4n) is 5.89. The summed E-state index contributed by atoms with van der Waals surface area (Å²) in [6.07, 6.45) is 31.6. The van der Waals surface area contributed by atoms with Crippen molar-refractivity contribution in [2.75, 3.05) is 70.1 Å². The van der Waals surface area contributed by atoms with Gasteiger partial charge in [0, 0.05) is 55.6 Å². The van der Waals surface area contributed by atoms with E-state index in [0.29, 0.717) is 26.1 Å². The number of thioether (sulfide) groups is 2. The average molecular weight is 731 g/mol. The van der Waals surface area contributed by atoms with Crippen LogP contribution in [0.2, 0.25) is 0 Å². The van der Waals surface area contributed by atoms with Crippen molar-refractivity contribution in [1.82, 2.24) is 9.80 Å². The Kier molecular flexibility index (Phi) is 40.0. The van der Waals surface area contributed by atoms with Crippen molar-refractivity contribution in [1.29, 1.82) is 0 Å². The van der Waals surface area contributed by atoms with E-state index in [0.717, 1.165) is 81.3 Å². The minimum absolute atomic E-state index is 0.0229.